The van der Waals surface area contributed by atoms with Gasteiger partial charge in [0.1, 0.15) is 0 Å². The fourth-order valence-corrected chi connectivity index (χ4v) is 4.09. The van der Waals surface area contributed by atoms with Crippen LogP contribution in [0.1, 0.15) is 12.1 Å². The second-order valence-corrected chi connectivity index (χ2v) is 7.39. The highest BCUT2D eigenvalue weighted by Crippen LogP contribution is 2.31. The molecule has 2 aromatic rings. The van der Waals surface area contributed by atoms with Gasteiger partial charge in [0, 0.05) is 26.0 Å². The summed E-state index contributed by atoms with van der Waals surface area (Å²) in [5, 5.41) is 10.4. The molecular weight excluding hydrogens is 380 g/mol. The summed E-state index contributed by atoms with van der Waals surface area (Å²) in [4.78, 5) is 42.2. The molecule has 8 nitrogen and oxygen atoms in total. The zero-order chi connectivity index (χ0) is 20.4. The Morgan fingerprint density at radius 3 is 2.61 bits per heavy atom. The summed E-state index contributed by atoms with van der Waals surface area (Å²) < 4.78 is 3.18. The van der Waals surface area contributed by atoms with Crippen molar-refractivity contribution in [2.75, 3.05) is 6.54 Å². The molecule has 146 valence electrons. The molecule has 2 heterocycles. The molecule has 0 saturated carbocycles. The van der Waals surface area contributed by atoms with Gasteiger partial charge in [-0.2, -0.15) is 0 Å². The minimum absolute atomic E-state index is 0.174. The SMILES string of the molecule is C=CCN1C(=O)[C@H](CC(=O)[O-])SC1=Nc1c(C)n(C)n(-c2ccccc2)c1=O. The number of hydrogen-bond donors (Lipinski definition) is 0. The number of amidine groups is 1. The van der Waals surface area contributed by atoms with Gasteiger partial charge in [0.2, 0.25) is 5.91 Å². The van der Waals surface area contributed by atoms with E-state index in [1.807, 2.05) is 30.3 Å². The molecule has 1 saturated heterocycles. The van der Waals surface area contributed by atoms with Gasteiger partial charge in [-0.1, -0.05) is 36.0 Å². The monoisotopic (exact) mass is 399 g/mol. The van der Waals surface area contributed by atoms with Crippen molar-refractivity contribution in [2.24, 2.45) is 12.0 Å². The normalized spacial score (nSPS) is 18.1. The number of benzene rings is 1. The topological polar surface area (TPSA) is 99.7 Å². The van der Waals surface area contributed by atoms with Crippen LogP contribution in [-0.4, -0.2) is 43.1 Å². The number of aromatic nitrogens is 2. The number of carbonyl (C=O) groups is 2. The highest BCUT2D eigenvalue weighted by atomic mass is 32.2. The smallest absolute Gasteiger partial charge is 0.297 e. The maximum atomic E-state index is 13.0. The van der Waals surface area contributed by atoms with Gasteiger partial charge in [-0.05, 0) is 19.1 Å². The Morgan fingerprint density at radius 2 is 2.00 bits per heavy atom. The summed E-state index contributed by atoms with van der Waals surface area (Å²) in [6.45, 7) is 5.56. The quantitative estimate of drug-likeness (QED) is 0.667. The van der Waals surface area contributed by atoms with E-state index in [1.54, 1.807) is 18.7 Å². The van der Waals surface area contributed by atoms with Gasteiger partial charge in [0.05, 0.1) is 16.6 Å². The summed E-state index contributed by atoms with van der Waals surface area (Å²) in [6.07, 6.45) is 1.10. The third-order valence-electron chi connectivity index (χ3n) is 4.42. The average Bonchev–Trinajstić information content (AvgIpc) is 3.05. The maximum Gasteiger partial charge on any atom is 0.297 e. The van der Waals surface area contributed by atoms with Crippen LogP contribution in [0.4, 0.5) is 5.69 Å². The fraction of sp³-hybridized carbons (Fsp3) is 0.263. The summed E-state index contributed by atoms with van der Waals surface area (Å²) in [5.74, 6) is -1.70. The lowest BCUT2D eigenvalue weighted by Crippen LogP contribution is -2.35. The number of carboxylic acid groups (broad SMARTS) is 1. The van der Waals surface area contributed by atoms with Gasteiger partial charge >= 0.3 is 0 Å². The summed E-state index contributed by atoms with van der Waals surface area (Å²) in [6, 6.07) is 9.14. The molecule has 1 aliphatic rings. The molecule has 3 rings (SSSR count). The van der Waals surface area contributed by atoms with Crippen LogP contribution in [-0.2, 0) is 16.6 Å². The second-order valence-electron chi connectivity index (χ2n) is 6.22. The van der Waals surface area contributed by atoms with Crippen molar-refractivity contribution in [3.8, 4) is 5.69 Å². The van der Waals surface area contributed by atoms with Crippen LogP contribution in [0.5, 0.6) is 0 Å². The lowest BCUT2D eigenvalue weighted by molar-refractivity contribution is -0.305. The molecule has 1 atom stereocenters. The van der Waals surface area contributed by atoms with Crippen LogP contribution < -0.4 is 10.7 Å². The van der Waals surface area contributed by atoms with Crippen molar-refractivity contribution >= 4 is 34.5 Å². The Labute approximate surface area is 165 Å². The molecule has 1 aromatic carbocycles. The molecule has 1 aliphatic heterocycles. The van der Waals surface area contributed by atoms with Crippen LogP contribution >= 0.6 is 11.8 Å². The molecule has 0 aliphatic carbocycles. The van der Waals surface area contributed by atoms with Gasteiger partial charge in [0.15, 0.2) is 10.9 Å². The van der Waals surface area contributed by atoms with E-state index in [1.165, 1.54) is 15.7 Å². The van der Waals surface area contributed by atoms with Crippen LogP contribution in [0.3, 0.4) is 0 Å². The Bertz CT molecular complexity index is 1020. The highest BCUT2D eigenvalue weighted by molar-refractivity contribution is 8.15. The zero-order valence-corrected chi connectivity index (χ0v) is 16.3. The Hall–Kier alpha value is -3.07. The molecule has 9 heteroatoms. The molecule has 1 amide bonds. The number of carboxylic acids is 1. The standard InChI is InChI=1S/C19H20N4O4S/c1-4-10-22-17(26)14(11-15(24)25)28-19(22)20-16-12(2)21(3)23(18(16)27)13-8-6-5-7-9-13/h4-9,14H,1,10-11H2,2-3H3,(H,24,25)/p-1/t14-/m0/s1. The molecule has 0 bridgehead atoms. The Balaban J connectivity index is 2.07. The van der Waals surface area contributed by atoms with Gasteiger partial charge < -0.3 is 9.90 Å². The number of para-hydroxylation sites is 1. The van der Waals surface area contributed by atoms with Crippen molar-refractivity contribution in [1.82, 2.24) is 14.3 Å². The number of aliphatic carboxylic acids is 1. The van der Waals surface area contributed by atoms with Crippen LogP contribution in [0.25, 0.3) is 5.69 Å². The van der Waals surface area contributed by atoms with Crippen molar-refractivity contribution in [2.45, 2.75) is 18.6 Å². The molecule has 1 aromatic heterocycles. The van der Waals surface area contributed by atoms with E-state index in [0.717, 1.165) is 11.8 Å². The first-order chi connectivity index (χ1) is 13.3. The van der Waals surface area contributed by atoms with E-state index in [0.29, 0.717) is 11.4 Å². The van der Waals surface area contributed by atoms with E-state index in [9.17, 15) is 19.5 Å². The Morgan fingerprint density at radius 1 is 1.32 bits per heavy atom. The highest BCUT2D eigenvalue weighted by Gasteiger charge is 2.37. The van der Waals surface area contributed by atoms with Crippen molar-refractivity contribution < 1.29 is 14.7 Å². The largest absolute Gasteiger partial charge is 0.550 e. The van der Waals surface area contributed by atoms with Crippen LogP contribution in [0, 0.1) is 6.92 Å². The number of aliphatic imine (C=N–C) groups is 1. The third-order valence-corrected chi connectivity index (χ3v) is 5.59. The molecular formula is C19H19N4O4S-. The van der Waals surface area contributed by atoms with E-state index in [2.05, 4.69) is 11.6 Å². The third kappa shape index (κ3) is 3.53. The summed E-state index contributed by atoms with van der Waals surface area (Å²) >= 11 is 1.02. The van der Waals surface area contributed by atoms with Gasteiger partial charge in [-0.3, -0.25) is 19.2 Å². The molecule has 0 spiro atoms. The predicted octanol–water partition coefficient (Wildman–Crippen LogP) is 0.742. The summed E-state index contributed by atoms with van der Waals surface area (Å²) in [7, 11) is 1.75. The van der Waals surface area contributed by atoms with E-state index in [4.69, 9.17) is 0 Å². The molecule has 0 unspecified atom stereocenters. The predicted molar refractivity (Wildman–Crippen MR) is 106 cm³/mol. The molecule has 28 heavy (non-hydrogen) atoms. The van der Waals surface area contributed by atoms with E-state index in [-0.39, 0.29) is 28.9 Å². The van der Waals surface area contributed by atoms with Crippen molar-refractivity contribution in [3.63, 3.8) is 0 Å². The number of carbonyl (C=O) groups excluding carboxylic acids is 2. The minimum atomic E-state index is -1.31. The van der Waals surface area contributed by atoms with Gasteiger partial charge in [-0.25, -0.2) is 9.67 Å². The van der Waals surface area contributed by atoms with Crippen molar-refractivity contribution in [3.05, 3.63) is 59.0 Å². The molecule has 0 radical (unpaired) electrons. The first kappa shape index (κ1) is 19.7. The van der Waals surface area contributed by atoms with Gasteiger partial charge in [0.25, 0.3) is 5.56 Å². The second kappa shape index (κ2) is 7.89. The number of amides is 1. The number of hydrogen-bond acceptors (Lipinski definition) is 6. The first-order valence-corrected chi connectivity index (χ1v) is 9.44. The van der Waals surface area contributed by atoms with E-state index < -0.39 is 17.6 Å². The zero-order valence-electron chi connectivity index (χ0n) is 15.5. The minimum Gasteiger partial charge on any atom is -0.550 e. The fourth-order valence-electron chi connectivity index (χ4n) is 2.95. The lowest BCUT2D eigenvalue weighted by atomic mass is 10.3. The maximum absolute atomic E-state index is 13.0. The van der Waals surface area contributed by atoms with Crippen molar-refractivity contribution in [1.29, 1.82) is 0 Å². The Kier molecular flexibility index (Phi) is 5.55. The van der Waals surface area contributed by atoms with Crippen LogP contribution in [0.2, 0.25) is 0 Å². The lowest BCUT2D eigenvalue weighted by Gasteiger charge is -2.13. The number of thioether (sulfide) groups is 1. The average molecular weight is 399 g/mol. The summed E-state index contributed by atoms with van der Waals surface area (Å²) in [5.41, 5.74) is 1.19. The molecule has 1 fully saturated rings. The van der Waals surface area contributed by atoms with Crippen LogP contribution in [0.15, 0.2) is 52.8 Å². The van der Waals surface area contributed by atoms with E-state index >= 15 is 0 Å². The number of rotatable bonds is 6. The number of nitrogens with zero attached hydrogens (tertiary/aromatic N) is 4. The van der Waals surface area contributed by atoms with Gasteiger partial charge in [-0.15, -0.1) is 6.58 Å². The first-order valence-electron chi connectivity index (χ1n) is 8.56. The molecule has 0 N–H and O–H groups in total.